The lowest BCUT2D eigenvalue weighted by molar-refractivity contribution is 0.203. The Morgan fingerprint density at radius 1 is 1.21 bits per heavy atom. The van der Waals surface area contributed by atoms with Crippen LogP contribution in [0.25, 0.3) is 10.9 Å². The van der Waals surface area contributed by atoms with Gasteiger partial charge in [-0.25, -0.2) is 4.39 Å². The van der Waals surface area contributed by atoms with E-state index in [4.69, 9.17) is 14.0 Å². The molecule has 0 spiro atoms. The van der Waals surface area contributed by atoms with Crippen LogP contribution in [0.3, 0.4) is 0 Å². The smallest absolute Gasteiger partial charge is 0.263 e. The Labute approximate surface area is 158 Å². The van der Waals surface area contributed by atoms with Crippen LogP contribution in [0, 0.1) is 5.82 Å². The quantitative estimate of drug-likeness (QED) is 0.375. The minimum absolute atomic E-state index is 0.192. The summed E-state index contributed by atoms with van der Waals surface area (Å²) in [6.07, 6.45) is 4.71. The van der Waals surface area contributed by atoms with Crippen LogP contribution in [-0.4, -0.2) is 33.5 Å². The molecule has 3 aromatic heterocycles. The number of oxime groups is 1. The van der Waals surface area contributed by atoms with Gasteiger partial charge in [0.25, 0.3) is 5.89 Å². The molecule has 140 valence electrons. The fraction of sp³-hybridized carbons (Fsp3) is 0.105. The summed E-state index contributed by atoms with van der Waals surface area (Å²) >= 11 is 0. The standard InChI is InChI=1S/C19H14FN5O3/c1-26-24-9-13-8-15(7-12-3-2-6-21-17(12)13)28-18(19-25-23-11-27-19)16-5-4-14(20)10-22-16/h2-11,18H,1H3/b24-9+. The van der Waals surface area contributed by atoms with Crippen molar-refractivity contribution in [2.75, 3.05) is 7.11 Å². The van der Waals surface area contributed by atoms with Crippen LogP contribution in [-0.2, 0) is 4.84 Å². The number of hydrogen-bond donors (Lipinski definition) is 0. The molecule has 8 nitrogen and oxygen atoms in total. The first kappa shape index (κ1) is 17.5. The molecular formula is C19H14FN5O3. The average molecular weight is 379 g/mol. The summed E-state index contributed by atoms with van der Waals surface area (Å²) in [7, 11) is 1.46. The van der Waals surface area contributed by atoms with Crippen LogP contribution in [0.15, 0.2) is 64.8 Å². The van der Waals surface area contributed by atoms with E-state index in [1.807, 2.05) is 18.2 Å². The lowest BCUT2D eigenvalue weighted by atomic mass is 10.1. The summed E-state index contributed by atoms with van der Waals surface area (Å²) in [5.74, 6) is 0.229. The molecule has 3 heterocycles. The maximum atomic E-state index is 13.3. The highest BCUT2D eigenvalue weighted by atomic mass is 19.1. The number of ether oxygens (including phenoxy) is 1. The van der Waals surface area contributed by atoms with Gasteiger partial charge in [0.05, 0.1) is 23.6 Å². The number of benzene rings is 1. The first-order chi connectivity index (χ1) is 13.7. The molecule has 1 unspecified atom stereocenters. The summed E-state index contributed by atoms with van der Waals surface area (Å²) < 4.78 is 24.7. The Hall–Kier alpha value is -3.88. The monoisotopic (exact) mass is 379 g/mol. The van der Waals surface area contributed by atoms with Crippen LogP contribution >= 0.6 is 0 Å². The highest BCUT2D eigenvalue weighted by Crippen LogP contribution is 2.29. The van der Waals surface area contributed by atoms with Crippen molar-refractivity contribution in [3.05, 3.63) is 78.2 Å². The predicted octanol–water partition coefficient (Wildman–Crippen LogP) is 3.30. The van der Waals surface area contributed by atoms with Crippen molar-refractivity contribution in [2.24, 2.45) is 5.16 Å². The van der Waals surface area contributed by atoms with E-state index in [9.17, 15) is 4.39 Å². The van der Waals surface area contributed by atoms with Gasteiger partial charge in [-0.3, -0.25) is 9.97 Å². The van der Waals surface area contributed by atoms with Crippen molar-refractivity contribution in [1.29, 1.82) is 0 Å². The lowest BCUT2D eigenvalue weighted by Crippen LogP contribution is -2.12. The molecular weight excluding hydrogens is 365 g/mol. The van der Waals surface area contributed by atoms with Crippen LogP contribution in [0.1, 0.15) is 23.3 Å². The predicted molar refractivity (Wildman–Crippen MR) is 97.3 cm³/mol. The van der Waals surface area contributed by atoms with Gasteiger partial charge in [0.2, 0.25) is 12.5 Å². The number of rotatable bonds is 6. The maximum Gasteiger partial charge on any atom is 0.263 e. The van der Waals surface area contributed by atoms with E-state index < -0.39 is 11.9 Å². The lowest BCUT2D eigenvalue weighted by Gasteiger charge is -2.16. The van der Waals surface area contributed by atoms with E-state index in [2.05, 4.69) is 25.3 Å². The topological polar surface area (TPSA) is 95.5 Å². The molecule has 0 amide bonds. The zero-order valence-corrected chi connectivity index (χ0v) is 14.7. The van der Waals surface area contributed by atoms with Gasteiger partial charge < -0.3 is 14.0 Å². The Morgan fingerprint density at radius 3 is 2.89 bits per heavy atom. The Bertz CT molecular complexity index is 1100. The Balaban J connectivity index is 1.77. The van der Waals surface area contributed by atoms with E-state index in [0.717, 1.165) is 17.1 Å². The van der Waals surface area contributed by atoms with E-state index in [1.165, 1.54) is 25.6 Å². The molecule has 0 aliphatic heterocycles. The molecule has 0 aliphatic carbocycles. The molecule has 0 bridgehead atoms. The molecule has 0 saturated carbocycles. The van der Waals surface area contributed by atoms with Crippen LogP contribution < -0.4 is 4.74 Å². The third kappa shape index (κ3) is 3.63. The largest absolute Gasteiger partial charge is 0.474 e. The second-order valence-corrected chi connectivity index (χ2v) is 5.68. The molecule has 28 heavy (non-hydrogen) atoms. The van der Waals surface area contributed by atoms with Gasteiger partial charge in [-0.15, -0.1) is 10.2 Å². The molecule has 0 radical (unpaired) electrons. The number of hydrogen-bond acceptors (Lipinski definition) is 8. The van der Waals surface area contributed by atoms with Crippen molar-refractivity contribution >= 4 is 17.1 Å². The second-order valence-electron chi connectivity index (χ2n) is 5.68. The molecule has 0 N–H and O–H groups in total. The van der Waals surface area contributed by atoms with Crippen molar-refractivity contribution in [1.82, 2.24) is 20.2 Å². The van der Waals surface area contributed by atoms with Gasteiger partial charge in [0, 0.05) is 17.1 Å². The van der Waals surface area contributed by atoms with Gasteiger partial charge in [-0.05, 0) is 30.3 Å². The van der Waals surface area contributed by atoms with Gasteiger partial charge >= 0.3 is 0 Å². The van der Waals surface area contributed by atoms with Crippen molar-refractivity contribution < 1.29 is 18.4 Å². The Morgan fingerprint density at radius 2 is 2.14 bits per heavy atom. The average Bonchev–Trinajstić information content (AvgIpc) is 3.25. The summed E-state index contributed by atoms with van der Waals surface area (Å²) in [6.45, 7) is 0. The number of aromatic nitrogens is 4. The highest BCUT2D eigenvalue weighted by molar-refractivity contribution is 5.98. The first-order valence-electron chi connectivity index (χ1n) is 8.24. The number of pyridine rings is 2. The minimum atomic E-state index is -0.815. The highest BCUT2D eigenvalue weighted by Gasteiger charge is 2.23. The maximum absolute atomic E-state index is 13.3. The van der Waals surface area contributed by atoms with Gasteiger partial charge in [0.15, 0.2) is 0 Å². The Kier molecular flexibility index (Phi) is 4.87. The van der Waals surface area contributed by atoms with E-state index in [0.29, 0.717) is 17.0 Å². The van der Waals surface area contributed by atoms with E-state index >= 15 is 0 Å². The number of halogens is 1. The SMILES string of the molecule is CO/N=C/c1cc(OC(c2ccc(F)cn2)c2nnco2)cc2cccnc12. The molecule has 9 heteroatoms. The van der Waals surface area contributed by atoms with Gasteiger partial charge in [-0.2, -0.15) is 0 Å². The van der Waals surface area contributed by atoms with E-state index in [1.54, 1.807) is 18.5 Å². The normalized spacial score (nSPS) is 12.4. The molecule has 0 fully saturated rings. The molecule has 4 rings (SSSR count). The molecule has 1 atom stereocenters. The molecule has 4 aromatic rings. The summed E-state index contributed by atoms with van der Waals surface area (Å²) in [4.78, 5) is 13.2. The van der Waals surface area contributed by atoms with Gasteiger partial charge in [0.1, 0.15) is 18.7 Å². The molecule has 1 aromatic carbocycles. The third-order valence-electron chi connectivity index (χ3n) is 3.88. The van der Waals surface area contributed by atoms with Crippen LogP contribution in [0.4, 0.5) is 4.39 Å². The van der Waals surface area contributed by atoms with Crippen molar-refractivity contribution in [3.63, 3.8) is 0 Å². The second kappa shape index (κ2) is 7.78. The number of fused-ring (bicyclic) bond motifs is 1. The third-order valence-corrected chi connectivity index (χ3v) is 3.88. The summed E-state index contributed by atoms with van der Waals surface area (Å²) in [5.41, 5.74) is 1.86. The molecule has 0 saturated heterocycles. The summed E-state index contributed by atoms with van der Waals surface area (Å²) in [5, 5.41) is 12.3. The van der Waals surface area contributed by atoms with Crippen LogP contribution in [0.2, 0.25) is 0 Å². The van der Waals surface area contributed by atoms with Crippen molar-refractivity contribution in [3.8, 4) is 5.75 Å². The van der Waals surface area contributed by atoms with Crippen LogP contribution in [0.5, 0.6) is 5.75 Å². The summed E-state index contributed by atoms with van der Waals surface area (Å²) in [6, 6.07) is 10.1. The number of nitrogens with zero attached hydrogens (tertiary/aromatic N) is 5. The molecule has 0 aliphatic rings. The van der Waals surface area contributed by atoms with Crippen molar-refractivity contribution in [2.45, 2.75) is 6.10 Å². The van der Waals surface area contributed by atoms with E-state index in [-0.39, 0.29) is 5.89 Å². The fourth-order valence-corrected chi connectivity index (χ4v) is 2.68. The van der Waals surface area contributed by atoms with Gasteiger partial charge in [-0.1, -0.05) is 11.2 Å². The minimum Gasteiger partial charge on any atom is -0.474 e. The first-order valence-corrected chi connectivity index (χ1v) is 8.24. The fourth-order valence-electron chi connectivity index (χ4n) is 2.68. The zero-order chi connectivity index (χ0) is 19.3. The zero-order valence-electron chi connectivity index (χ0n) is 14.7.